The molecular weight excluding hydrogens is 273 g/mol. The number of hydrogen-bond acceptors (Lipinski definition) is 4. The van der Waals surface area contributed by atoms with E-state index in [1.54, 1.807) is 7.05 Å². The molecule has 0 spiro atoms. The highest BCUT2D eigenvalue weighted by molar-refractivity contribution is 7.89. The third-order valence-corrected chi connectivity index (χ3v) is 3.64. The average Bonchev–Trinajstić information content (AvgIpc) is 2.57. The van der Waals surface area contributed by atoms with Crippen LogP contribution in [0.25, 0.3) is 0 Å². The average molecular weight is 286 g/mol. The van der Waals surface area contributed by atoms with Gasteiger partial charge < -0.3 is 5.32 Å². The first kappa shape index (κ1) is 14.9. The van der Waals surface area contributed by atoms with Crippen LogP contribution in [0.4, 0.5) is 13.2 Å². The minimum absolute atomic E-state index is 0.132. The smallest absolute Gasteiger partial charge is 0.314 e. The summed E-state index contributed by atoms with van der Waals surface area (Å²) in [6, 6.07) is 0. The molecule has 1 aromatic heterocycles. The largest absolute Gasteiger partial charge is 0.402 e. The van der Waals surface area contributed by atoms with Crippen molar-refractivity contribution in [3.05, 3.63) is 11.4 Å². The molecule has 0 unspecified atom stereocenters. The first-order valence-corrected chi connectivity index (χ1v) is 6.40. The molecule has 0 radical (unpaired) electrons. The second kappa shape index (κ2) is 5.24. The minimum Gasteiger partial charge on any atom is -0.314 e. The number of sulfonamides is 1. The highest BCUT2D eigenvalue weighted by Gasteiger charge is 2.32. The van der Waals surface area contributed by atoms with Gasteiger partial charge in [-0.1, -0.05) is 0 Å². The van der Waals surface area contributed by atoms with E-state index in [2.05, 4.69) is 15.5 Å². The number of aromatic amines is 1. The fourth-order valence-corrected chi connectivity index (χ4v) is 2.74. The summed E-state index contributed by atoms with van der Waals surface area (Å²) in [6.45, 7) is -0.0557. The first-order valence-electron chi connectivity index (χ1n) is 4.92. The molecular formula is C8H13F3N4O2S. The zero-order chi connectivity index (χ0) is 14.0. The van der Waals surface area contributed by atoms with Gasteiger partial charge in [0.15, 0.2) is 0 Å². The van der Waals surface area contributed by atoms with Gasteiger partial charge in [-0.2, -0.15) is 18.3 Å². The third kappa shape index (κ3) is 3.68. The highest BCUT2D eigenvalue weighted by Crippen LogP contribution is 2.19. The molecule has 6 nitrogen and oxygen atoms in total. The van der Waals surface area contributed by atoms with Crippen LogP contribution in [0.1, 0.15) is 11.4 Å². The predicted molar refractivity (Wildman–Crippen MR) is 57.3 cm³/mol. The quantitative estimate of drug-likeness (QED) is 0.725. The maximum atomic E-state index is 12.0. The third-order valence-electron chi connectivity index (χ3n) is 2.04. The second-order valence-corrected chi connectivity index (χ2v) is 5.30. The lowest BCUT2D eigenvalue weighted by Crippen LogP contribution is -2.34. The SMILES string of the molecule is CNCc1n[nH]c(C)c1S(=O)(=O)NCC(F)(F)F. The van der Waals surface area contributed by atoms with E-state index in [-0.39, 0.29) is 22.8 Å². The number of alkyl halides is 3. The molecule has 3 N–H and O–H groups in total. The van der Waals surface area contributed by atoms with E-state index in [4.69, 9.17) is 0 Å². The summed E-state index contributed by atoms with van der Waals surface area (Å²) in [6.07, 6.45) is -4.60. The molecule has 0 aliphatic rings. The summed E-state index contributed by atoms with van der Waals surface area (Å²) in [5.74, 6) is 0. The Hall–Kier alpha value is -1.13. The maximum absolute atomic E-state index is 12.0. The molecule has 18 heavy (non-hydrogen) atoms. The van der Waals surface area contributed by atoms with Gasteiger partial charge in [0.1, 0.15) is 11.4 Å². The highest BCUT2D eigenvalue weighted by atomic mass is 32.2. The van der Waals surface area contributed by atoms with Crippen molar-refractivity contribution in [1.82, 2.24) is 20.2 Å². The summed E-state index contributed by atoms with van der Waals surface area (Å²) >= 11 is 0. The number of aryl methyl sites for hydroxylation is 1. The monoisotopic (exact) mass is 286 g/mol. The van der Waals surface area contributed by atoms with Gasteiger partial charge in [0, 0.05) is 6.54 Å². The molecule has 0 atom stereocenters. The standard InChI is InChI=1S/C8H13F3N4O2S/c1-5-7(6(3-12-2)15-14-5)18(16,17)13-4-8(9,10)11/h12-13H,3-4H2,1-2H3,(H,14,15). The summed E-state index contributed by atoms with van der Waals surface area (Å²) in [7, 11) is -2.66. The van der Waals surface area contributed by atoms with Crippen molar-refractivity contribution < 1.29 is 21.6 Å². The van der Waals surface area contributed by atoms with Crippen molar-refractivity contribution in [3.8, 4) is 0 Å². The van der Waals surface area contributed by atoms with Gasteiger partial charge in [0.25, 0.3) is 0 Å². The number of H-pyrrole nitrogens is 1. The lowest BCUT2D eigenvalue weighted by atomic mass is 10.4. The molecule has 1 rings (SSSR count). The van der Waals surface area contributed by atoms with E-state index in [1.165, 1.54) is 11.6 Å². The molecule has 0 amide bonds. The molecule has 1 heterocycles. The van der Waals surface area contributed by atoms with Crippen LogP contribution >= 0.6 is 0 Å². The Labute approximate surface area is 102 Å². The molecule has 1 aromatic rings. The van der Waals surface area contributed by atoms with Gasteiger partial charge in [0.2, 0.25) is 10.0 Å². The Morgan fingerprint density at radius 2 is 2.00 bits per heavy atom. The maximum Gasteiger partial charge on any atom is 0.402 e. The molecule has 0 aromatic carbocycles. The fraction of sp³-hybridized carbons (Fsp3) is 0.625. The van der Waals surface area contributed by atoms with E-state index in [9.17, 15) is 21.6 Å². The fourth-order valence-electron chi connectivity index (χ4n) is 1.36. The molecule has 0 aliphatic carbocycles. The molecule has 0 fully saturated rings. The molecule has 104 valence electrons. The lowest BCUT2D eigenvalue weighted by molar-refractivity contribution is -0.121. The lowest BCUT2D eigenvalue weighted by Gasteiger charge is -2.10. The van der Waals surface area contributed by atoms with Gasteiger partial charge in [0.05, 0.1) is 11.4 Å². The summed E-state index contributed by atoms with van der Waals surface area (Å²) in [4.78, 5) is -0.249. The Kier molecular flexibility index (Phi) is 4.35. The van der Waals surface area contributed by atoms with Crippen LogP contribution in [-0.2, 0) is 16.6 Å². The van der Waals surface area contributed by atoms with Crippen molar-refractivity contribution in [2.45, 2.75) is 24.5 Å². The molecule has 0 aliphatic heterocycles. The topological polar surface area (TPSA) is 86.9 Å². The van der Waals surface area contributed by atoms with Crippen LogP contribution in [0.3, 0.4) is 0 Å². The summed E-state index contributed by atoms with van der Waals surface area (Å²) in [5.41, 5.74) is 0.333. The minimum atomic E-state index is -4.60. The van der Waals surface area contributed by atoms with Crippen LogP contribution in [0.5, 0.6) is 0 Å². The van der Waals surface area contributed by atoms with E-state index in [1.807, 2.05) is 0 Å². The Bertz CT molecular complexity index is 509. The van der Waals surface area contributed by atoms with Crippen LogP contribution in [0.15, 0.2) is 4.90 Å². The molecule has 10 heteroatoms. The zero-order valence-electron chi connectivity index (χ0n) is 9.72. The number of nitrogens with zero attached hydrogens (tertiary/aromatic N) is 1. The second-order valence-electron chi connectivity index (χ2n) is 3.59. The van der Waals surface area contributed by atoms with Crippen LogP contribution < -0.4 is 10.0 Å². The number of rotatable bonds is 5. The van der Waals surface area contributed by atoms with E-state index < -0.39 is 22.7 Å². The molecule has 0 saturated carbocycles. The first-order chi connectivity index (χ1) is 8.17. The van der Waals surface area contributed by atoms with Crippen molar-refractivity contribution in [2.24, 2.45) is 0 Å². The Morgan fingerprint density at radius 1 is 1.39 bits per heavy atom. The summed E-state index contributed by atoms with van der Waals surface area (Å²) in [5, 5.41) is 8.85. The van der Waals surface area contributed by atoms with Crippen molar-refractivity contribution in [1.29, 1.82) is 0 Å². The van der Waals surface area contributed by atoms with Crippen LogP contribution in [0, 0.1) is 6.92 Å². The summed E-state index contributed by atoms with van der Waals surface area (Å²) < 4.78 is 61.1. The number of aromatic nitrogens is 2. The van der Waals surface area contributed by atoms with Gasteiger partial charge in [-0.25, -0.2) is 13.1 Å². The zero-order valence-corrected chi connectivity index (χ0v) is 10.5. The predicted octanol–water partition coefficient (Wildman–Crippen LogP) is 0.278. The van der Waals surface area contributed by atoms with Crippen molar-refractivity contribution >= 4 is 10.0 Å². The number of nitrogens with one attached hydrogen (secondary N) is 3. The van der Waals surface area contributed by atoms with Gasteiger partial charge in [-0.3, -0.25) is 5.10 Å². The van der Waals surface area contributed by atoms with Crippen LogP contribution in [-0.4, -0.2) is 38.4 Å². The molecule has 0 bridgehead atoms. The normalized spacial score (nSPS) is 12.9. The molecule has 0 saturated heterocycles. The van der Waals surface area contributed by atoms with E-state index >= 15 is 0 Å². The van der Waals surface area contributed by atoms with Crippen molar-refractivity contribution in [2.75, 3.05) is 13.6 Å². The van der Waals surface area contributed by atoms with Crippen LogP contribution in [0.2, 0.25) is 0 Å². The van der Waals surface area contributed by atoms with Gasteiger partial charge in [-0.15, -0.1) is 0 Å². The van der Waals surface area contributed by atoms with E-state index in [0.717, 1.165) is 0 Å². The van der Waals surface area contributed by atoms with E-state index in [0.29, 0.717) is 0 Å². The van der Waals surface area contributed by atoms with Gasteiger partial charge >= 0.3 is 6.18 Å². The number of hydrogen-bond donors (Lipinski definition) is 3. The van der Waals surface area contributed by atoms with Gasteiger partial charge in [-0.05, 0) is 14.0 Å². The Morgan fingerprint density at radius 3 is 2.50 bits per heavy atom. The Balaban J connectivity index is 3.01. The van der Waals surface area contributed by atoms with Crippen molar-refractivity contribution in [3.63, 3.8) is 0 Å². The number of halogens is 3.